The number of ether oxygens (including phenoxy) is 3. The first kappa shape index (κ1) is 16.5. The van der Waals surface area contributed by atoms with Gasteiger partial charge in [0.1, 0.15) is 17.2 Å². The minimum absolute atomic E-state index is 0.111. The number of amides is 1. The molecule has 2 aromatic rings. The lowest BCUT2D eigenvalue weighted by atomic mass is 10.2. The molecule has 6 nitrogen and oxygen atoms in total. The average molecular weight is 316 g/mol. The zero-order valence-electron chi connectivity index (χ0n) is 13.4. The third-order valence-electron chi connectivity index (χ3n) is 3.20. The van der Waals surface area contributed by atoms with Gasteiger partial charge in [-0.25, -0.2) is 0 Å². The third-order valence-corrected chi connectivity index (χ3v) is 3.20. The molecule has 0 heterocycles. The summed E-state index contributed by atoms with van der Waals surface area (Å²) >= 11 is 0. The summed E-state index contributed by atoms with van der Waals surface area (Å²) in [4.78, 5) is 12.0. The normalized spacial score (nSPS) is 9.87. The highest BCUT2D eigenvalue weighted by Gasteiger charge is 2.08. The Balaban J connectivity index is 1.96. The largest absolute Gasteiger partial charge is 0.497 e. The molecule has 0 saturated carbocycles. The third kappa shape index (κ3) is 4.54. The molecule has 23 heavy (non-hydrogen) atoms. The summed E-state index contributed by atoms with van der Waals surface area (Å²) in [5.74, 6) is 1.82. The summed E-state index contributed by atoms with van der Waals surface area (Å²) in [6, 6.07) is 12.5. The molecule has 2 rings (SSSR count). The molecule has 0 bridgehead atoms. The molecule has 0 unspecified atom stereocenters. The van der Waals surface area contributed by atoms with Crippen molar-refractivity contribution in [3.05, 3.63) is 42.5 Å². The Morgan fingerprint density at radius 1 is 0.957 bits per heavy atom. The number of carbonyl (C=O) groups excluding carboxylic acids is 1. The number of anilines is 2. The lowest BCUT2D eigenvalue weighted by molar-refractivity contribution is -0.114. The molecule has 0 saturated heterocycles. The first-order chi connectivity index (χ1) is 11.2. The van der Waals surface area contributed by atoms with Crippen LogP contribution in [-0.4, -0.2) is 33.8 Å². The second kappa shape index (κ2) is 7.93. The molecular formula is C17H20N2O4. The van der Waals surface area contributed by atoms with E-state index in [1.165, 1.54) is 0 Å². The van der Waals surface area contributed by atoms with Gasteiger partial charge in [0.25, 0.3) is 0 Å². The Bertz CT molecular complexity index is 673. The Morgan fingerprint density at radius 2 is 1.70 bits per heavy atom. The predicted molar refractivity (Wildman–Crippen MR) is 89.7 cm³/mol. The Labute approximate surface area is 135 Å². The van der Waals surface area contributed by atoms with Crippen molar-refractivity contribution in [1.29, 1.82) is 0 Å². The molecule has 0 aliphatic rings. The molecule has 2 N–H and O–H groups in total. The van der Waals surface area contributed by atoms with E-state index in [9.17, 15) is 4.79 Å². The van der Waals surface area contributed by atoms with Crippen molar-refractivity contribution in [2.75, 3.05) is 38.5 Å². The van der Waals surface area contributed by atoms with E-state index < -0.39 is 0 Å². The summed E-state index contributed by atoms with van der Waals surface area (Å²) < 4.78 is 15.5. The molecule has 0 aromatic heterocycles. The van der Waals surface area contributed by atoms with Crippen LogP contribution in [-0.2, 0) is 4.79 Å². The Kier molecular flexibility index (Phi) is 5.68. The van der Waals surface area contributed by atoms with Gasteiger partial charge in [0.2, 0.25) is 5.91 Å². The first-order valence-corrected chi connectivity index (χ1v) is 7.06. The van der Waals surface area contributed by atoms with Crippen LogP contribution in [0.2, 0.25) is 0 Å². The van der Waals surface area contributed by atoms with Crippen LogP contribution in [0.4, 0.5) is 11.4 Å². The van der Waals surface area contributed by atoms with E-state index in [1.807, 2.05) is 12.1 Å². The molecule has 2 aromatic carbocycles. The molecule has 0 aliphatic carbocycles. The fourth-order valence-electron chi connectivity index (χ4n) is 2.03. The van der Waals surface area contributed by atoms with Gasteiger partial charge in [-0.1, -0.05) is 6.07 Å². The van der Waals surface area contributed by atoms with E-state index in [4.69, 9.17) is 14.2 Å². The molecule has 0 aliphatic heterocycles. The van der Waals surface area contributed by atoms with Crippen LogP contribution in [0.1, 0.15) is 0 Å². The van der Waals surface area contributed by atoms with Gasteiger partial charge in [-0.05, 0) is 24.3 Å². The summed E-state index contributed by atoms with van der Waals surface area (Å²) in [5, 5.41) is 5.84. The lowest BCUT2D eigenvalue weighted by Crippen LogP contribution is -2.21. The van der Waals surface area contributed by atoms with E-state index >= 15 is 0 Å². The first-order valence-electron chi connectivity index (χ1n) is 7.06. The standard InChI is InChI=1S/C17H20N2O4/c1-21-13-6-4-5-12(9-13)19-17(20)11-18-15-8-7-14(22-2)10-16(15)23-3/h4-10,18H,11H2,1-3H3,(H,19,20). The molecule has 0 fully saturated rings. The highest BCUT2D eigenvalue weighted by Crippen LogP contribution is 2.28. The molecule has 6 heteroatoms. The lowest BCUT2D eigenvalue weighted by Gasteiger charge is -2.12. The van der Waals surface area contributed by atoms with E-state index in [1.54, 1.807) is 51.7 Å². The predicted octanol–water partition coefficient (Wildman–Crippen LogP) is 2.76. The second-order valence-corrected chi connectivity index (χ2v) is 4.70. The van der Waals surface area contributed by atoms with E-state index in [0.717, 1.165) is 0 Å². The van der Waals surface area contributed by atoms with Crippen molar-refractivity contribution in [3.8, 4) is 17.2 Å². The minimum atomic E-state index is -0.170. The number of hydrogen-bond donors (Lipinski definition) is 2. The number of benzene rings is 2. The number of nitrogens with one attached hydrogen (secondary N) is 2. The van der Waals surface area contributed by atoms with Crippen molar-refractivity contribution in [3.63, 3.8) is 0 Å². The maximum Gasteiger partial charge on any atom is 0.243 e. The van der Waals surface area contributed by atoms with Crippen LogP contribution >= 0.6 is 0 Å². The van der Waals surface area contributed by atoms with Crippen molar-refractivity contribution in [2.45, 2.75) is 0 Å². The van der Waals surface area contributed by atoms with Gasteiger partial charge >= 0.3 is 0 Å². The number of methoxy groups -OCH3 is 3. The highest BCUT2D eigenvalue weighted by atomic mass is 16.5. The molecule has 0 atom stereocenters. The Hall–Kier alpha value is -2.89. The maximum atomic E-state index is 12.0. The van der Waals surface area contributed by atoms with Crippen molar-refractivity contribution in [2.24, 2.45) is 0 Å². The highest BCUT2D eigenvalue weighted by molar-refractivity contribution is 5.94. The van der Waals surface area contributed by atoms with Gasteiger partial charge in [-0.3, -0.25) is 4.79 Å². The average Bonchev–Trinajstić information content (AvgIpc) is 2.59. The van der Waals surface area contributed by atoms with Crippen molar-refractivity contribution < 1.29 is 19.0 Å². The zero-order chi connectivity index (χ0) is 16.7. The summed E-state index contributed by atoms with van der Waals surface area (Å²) in [6.07, 6.45) is 0. The fourth-order valence-corrected chi connectivity index (χ4v) is 2.03. The maximum absolute atomic E-state index is 12.0. The quantitative estimate of drug-likeness (QED) is 0.822. The van der Waals surface area contributed by atoms with Gasteiger partial charge < -0.3 is 24.8 Å². The molecule has 0 radical (unpaired) electrons. The van der Waals surface area contributed by atoms with Gasteiger partial charge in [0.05, 0.1) is 33.6 Å². The van der Waals surface area contributed by atoms with Gasteiger partial charge in [-0.2, -0.15) is 0 Å². The number of rotatable bonds is 7. The number of carbonyl (C=O) groups is 1. The molecule has 0 spiro atoms. The van der Waals surface area contributed by atoms with Crippen molar-refractivity contribution in [1.82, 2.24) is 0 Å². The van der Waals surface area contributed by atoms with E-state index in [-0.39, 0.29) is 12.5 Å². The van der Waals surface area contributed by atoms with Crippen LogP contribution in [0.5, 0.6) is 17.2 Å². The fraction of sp³-hybridized carbons (Fsp3) is 0.235. The smallest absolute Gasteiger partial charge is 0.243 e. The molecule has 122 valence electrons. The summed E-state index contributed by atoms with van der Waals surface area (Å²) in [5.41, 5.74) is 1.40. The summed E-state index contributed by atoms with van der Waals surface area (Å²) in [7, 11) is 4.73. The summed E-state index contributed by atoms with van der Waals surface area (Å²) in [6.45, 7) is 0.111. The minimum Gasteiger partial charge on any atom is -0.497 e. The van der Waals surface area contributed by atoms with E-state index in [2.05, 4.69) is 10.6 Å². The molecule has 1 amide bonds. The van der Waals surface area contributed by atoms with Gasteiger partial charge in [0.15, 0.2) is 0 Å². The van der Waals surface area contributed by atoms with Gasteiger partial charge in [0, 0.05) is 17.8 Å². The number of hydrogen-bond acceptors (Lipinski definition) is 5. The SMILES string of the molecule is COc1cccc(NC(=O)CNc2ccc(OC)cc2OC)c1. The van der Waals surface area contributed by atoms with Crippen LogP contribution in [0.25, 0.3) is 0 Å². The van der Waals surface area contributed by atoms with Crippen LogP contribution in [0, 0.1) is 0 Å². The monoisotopic (exact) mass is 316 g/mol. The second-order valence-electron chi connectivity index (χ2n) is 4.70. The van der Waals surface area contributed by atoms with Crippen LogP contribution < -0.4 is 24.8 Å². The molecular weight excluding hydrogens is 296 g/mol. The van der Waals surface area contributed by atoms with Crippen LogP contribution in [0.15, 0.2) is 42.5 Å². The van der Waals surface area contributed by atoms with Gasteiger partial charge in [-0.15, -0.1) is 0 Å². The van der Waals surface area contributed by atoms with E-state index in [0.29, 0.717) is 28.6 Å². The Morgan fingerprint density at radius 3 is 2.39 bits per heavy atom. The zero-order valence-corrected chi connectivity index (χ0v) is 13.4. The van der Waals surface area contributed by atoms with Crippen molar-refractivity contribution >= 4 is 17.3 Å². The van der Waals surface area contributed by atoms with Crippen LogP contribution in [0.3, 0.4) is 0 Å². The topological polar surface area (TPSA) is 68.8 Å².